The van der Waals surface area contributed by atoms with Crippen LogP contribution in [0.5, 0.6) is 0 Å². The zero-order chi connectivity index (χ0) is 7.78. The highest BCUT2D eigenvalue weighted by atomic mass is 127. The second kappa shape index (κ2) is 2.50. The molecule has 6 heteroatoms. The summed E-state index contributed by atoms with van der Waals surface area (Å²) in [6.45, 7) is 0. The van der Waals surface area contributed by atoms with Gasteiger partial charge in [-0.2, -0.15) is 5.10 Å². The van der Waals surface area contributed by atoms with Crippen LogP contribution in [-0.4, -0.2) is 24.9 Å². The van der Waals surface area contributed by atoms with Crippen molar-refractivity contribution in [2.75, 3.05) is 6.26 Å². The molecule has 1 rings (SSSR count). The lowest BCUT2D eigenvalue weighted by Crippen LogP contribution is -1.96. The van der Waals surface area contributed by atoms with Gasteiger partial charge in [0.05, 0.1) is 6.20 Å². The number of H-pyrrole nitrogens is 1. The molecular formula is C4H5IN2O2S. The highest BCUT2D eigenvalue weighted by Crippen LogP contribution is 2.13. The summed E-state index contributed by atoms with van der Waals surface area (Å²) in [5, 5.41) is 6.11. The van der Waals surface area contributed by atoms with Crippen LogP contribution in [0.3, 0.4) is 0 Å². The molecule has 0 amide bonds. The topological polar surface area (TPSA) is 62.8 Å². The van der Waals surface area contributed by atoms with Crippen molar-refractivity contribution < 1.29 is 8.42 Å². The van der Waals surface area contributed by atoms with E-state index in [1.807, 2.05) is 22.6 Å². The summed E-state index contributed by atoms with van der Waals surface area (Å²) >= 11 is 1.88. The molecule has 1 N–H and O–H groups in total. The zero-order valence-electron chi connectivity index (χ0n) is 5.13. The summed E-state index contributed by atoms with van der Waals surface area (Å²) in [6, 6.07) is 0. The number of halogens is 1. The Bertz CT molecular complexity index is 329. The lowest BCUT2D eigenvalue weighted by atomic mass is 10.7. The molecule has 1 heterocycles. The van der Waals surface area contributed by atoms with Crippen molar-refractivity contribution in [1.29, 1.82) is 0 Å². The van der Waals surface area contributed by atoms with Crippen LogP contribution in [0.4, 0.5) is 0 Å². The fourth-order valence-corrected chi connectivity index (χ4v) is 2.61. The quantitative estimate of drug-likeness (QED) is 0.753. The van der Waals surface area contributed by atoms with Crippen LogP contribution >= 0.6 is 22.6 Å². The zero-order valence-corrected chi connectivity index (χ0v) is 8.10. The van der Waals surface area contributed by atoms with E-state index in [4.69, 9.17) is 0 Å². The molecule has 0 saturated heterocycles. The van der Waals surface area contributed by atoms with Gasteiger partial charge in [-0.25, -0.2) is 8.42 Å². The Balaban J connectivity index is 3.32. The molecule has 0 aliphatic heterocycles. The van der Waals surface area contributed by atoms with Gasteiger partial charge in [-0.1, -0.05) is 0 Å². The third-order valence-electron chi connectivity index (χ3n) is 0.960. The number of hydrogen-bond donors (Lipinski definition) is 1. The molecule has 0 fully saturated rings. The summed E-state index contributed by atoms with van der Waals surface area (Å²) in [6.07, 6.45) is 2.46. The van der Waals surface area contributed by atoms with Gasteiger partial charge in [0.2, 0.25) is 0 Å². The van der Waals surface area contributed by atoms with E-state index in [1.54, 1.807) is 0 Å². The molecule has 10 heavy (non-hydrogen) atoms. The first-order valence-corrected chi connectivity index (χ1v) is 5.38. The van der Waals surface area contributed by atoms with Crippen LogP contribution in [0.1, 0.15) is 0 Å². The fourth-order valence-electron chi connectivity index (χ4n) is 0.518. The summed E-state index contributed by atoms with van der Waals surface area (Å²) in [7, 11) is -3.09. The lowest BCUT2D eigenvalue weighted by Gasteiger charge is -1.89. The highest BCUT2D eigenvalue weighted by molar-refractivity contribution is 14.1. The highest BCUT2D eigenvalue weighted by Gasteiger charge is 2.12. The normalized spacial score (nSPS) is 11.8. The molecular weight excluding hydrogens is 267 g/mol. The van der Waals surface area contributed by atoms with E-state index < -0.39 is 9.84 Å². The maximum atomic E-state index is 10.9. The summed E-state index contributed by atoms with van der Waals surface area (Å²) in [5.41, 5.74) is 0. The van der Waals surface area contributed by atoms with Crippen molar-refractivity contribution in [3.8, 4) is 0 Å². The number of aromatic amines is 1. The molecule has 1 aromatic rings. The maximum Gasteiger partial charge on any atom is 0.179 e. The molecule has 0 radical (unpaired) electrons. The SMILES string of the molecule is CS(=O)(=O)c1cn[nH]c1I. The van der Waals surface area contributed by atoms with Gasteiger partial charge in [0.15, 0.2) is 9.84 Å². The number of aromatic nitrogens is 2. The smallest absolute Gasteiger partial charge is 0.179 e. The molecule has 0 aliphatic carbocycles. The van der Waals surface area contributed by atoms with E-state index >= 15 is 0 Å². The van der Waals surface area contributed by atoms with Crippen LogP contribution < -0.4 is 0 Å². The van der Waals surface area contributed by atoms with Crippen LogP contribution in [0.25, 0.3) is 0 Å². The third-order valence-corrected chi connectivity index (χ3v) is 3.26. The van der Waals surface area contributed by atoms with Gasteiger partial charge >= 0.3 is 0 Å². The van der Waals surface area contributed by atoms with E-state index in [0.29, 0.717) is 3.70 Å². The van der Waals surface area contributed by atoms with Crippen LogP contribution in [0, 0.1) is 3.70 Å². The Labute approximate surface area is 72.1 Å². The number of nitrogens with one attached hydrogen (secondary N) is 1. The molecule has 0 atom stereocenters. The van der Waals surface area contributed by atoms with Gasteiger partial charge in [-0.05, 0) is 22.6 Å². The summed E-state index contributed by atoms with van der Waals surface area (Å²) in [5.74, 6) is 0. The molecule has 4 nitrogen and oxygen atoms in total. The largest absolute Gasteiger partial charge is 0.271 e. The molecule has 0 aliphatic rings. The number of nitrogens with zero attached hydrogens (tertiary/aromatic N) is 1. The van der Waals surface area contributed by atoms with E-state index in [-0.39, 0.29) is 4.90 Å². The van der Waals surface area contributed by atoms with Crippen LogP contribution in [0.15, 0.2) is 11.1 Å². The standard InChI is InChI=1S/C4H5IN2O2S/c1-10(8,9)3-2-6-7-4(3)5/h2H,1H3,(H,6,7). The number of rotatable bonds is 1. The van der Waals surface area contributed by atoms with Gasteiger partial charge in [-0.3, -0.25) is 5.10 Å². The first-order chi connectivity index (χ1) is 4.52. The van der Waals surface area contributed by atoms with E-state index in [1.165, 1.54) is 6.20 Å². The van der Waals surface area contributed by atoms with E-state index in [2.05, 4.69) is 10.2 Å². The second-order valence-electron chi connectivity index (χ2n) is 1.82. The van der Waals surface area contributed by atoms with Crippen molar-refractivity contribution in [2.45, 2.75) is 4.90 Å². The Kier molecular flexibility index (Phi) is 1.99. The Morgan fingerprint density at radius 1 is 1.70 bits per heavy atom. The monoisotopic (exact) mass is 272 g/mol. The van der Waals surface area contributed by atoms with Crippen LogP contribution in [-0.2, 0) is 9.84 Å². The van der Waals surface area contributed by atoms with Gasteiger partial charge in [0, 0.05) is 6.26 Å². The summed E-state index contributed by atoms with van der Waals surface area (Å²) < 4.78 is 22.3. The van der Waals surface area contributed by atoms with Crippen molar-refractivity contribution in [3.05, 3.63) is 9.90 Å². The van der Waals surface area contributed by atoms with Gasteiger partial charge in [0.1, 0.15) is 8.60 Å². The fraction of sp³-hybridized carbons (Fsp3) is 0.250. The molecule has 0 aromatic carbocycles. The predicted octanol–water partition coefficient (Wildman–Crippen LogP) is 0.418. The average molecular weight is 272 g/mol. The minimum absolute atomic E-state index is 0.258. The first-order valence-electron chi connectivity index (χ1n) is 2.41. The van der Waals surface area contributed by atoms with Gasteiger partial charge in [0.25, 0.3) is 0 Å². The molecule has 0 bridgehead atoms. The maximum absolute atomic E-state index is 10.9. The van der Waals surface area contributed by atoms with Gasteiger partial charge < -0.3 is 0 Å². The molecule has 1 aromatic heterocycles. The van der Waals surface area contributed by atoms with Crippen molar-refractivity contribution in [2.24, 2.45) is 0 Å². The van der Waals surface area contributed by atoms with Gasteiger partial charge in [-0.15, -0.1) is 0 Å². The third kappa shape index (κ3) is 1.48. The van der Waals surface area contributed by atoms with E-state index in [9.17, 15) is 8.42 Å². The van der Waals surface area contributed by atoms with E-state index in [0.717, 1.165) is 6.26 Å². The molecule has 56 valence electrons. The predicted molar refractivity (Wildman–Crippen MR) is 44.4 cm³/mol. The minimum Gasteiger partial charge on any atom is -0.271 e. The molecule has 0 spiro atoms. The Hall–Kier alpha value is -0.110. The second-order valence-corrected chi connectivity index (χ2v) is 4.88. The van der Waals surface area contributed by atoms with Crippen LogP contribution in [0.2, 0.25) is 0 Å². The average Bonchev–Trinajstić information content (AvgIpc) is 2.11. The Morgan fingerprint density at radius 3 is 2.50 bits per heavy atom. The minimum atomic E-state index is -3.09. The van der Waals surface area contributed by atoms with Crippen molar-refractivity contribution in [3.63, 3.8) is 0 Å². The molecule has 0 saturated carbocycles. The Morgan fingerprint density at radius 2 is 2.30 bits per heavy atom. The van der Waals surface area contributed by atoms with Crippen molar-refractivity contribution in [1.82, 2.24) is 10.2 Å². The molecule has 0 unspecified atom stereocenters. The first kappa shape index (κ1) is 7.99. The lowest BCUT2D eigenvalue weighted by molar-refractivity contribution is 0.601. The summed E-state index contributed by atoms with van der Waals surface area (Å²) in [4.78, 5) is 0.258. The number of hydrogen-bond acceptors (Lipinski definition) is 3. The van der Waals surface area contributed by atoms with Crippen molar-refractivity contribution >= 4 is 32.4 Å². The number of sulfone groups is 1.